The second kappa shape index (κ2) is 11.2. The molecule has 0 aromatic heterocycles. The molecule has 0 radical (unpaired) electrons. The van der Waals surface area contributed by atoms with Gasteiger partial charge in [0.25, 0.3) is 0 Å². The summed E-state index contributed by atoms with van der Waals surface area (Å²) < 4.78 is 53.0. The quantitative estimate of drug-likeness (QED) is 0.457. The van der Waals surface area contributed by atoms with Crippen molar-refractivity contribution in [2.45, 2.75) is 55.9 Å². The lowest BCUT2D eigenvalue weighted by Gasteiger charge is -2.50. The fourth-order valence-corrected chi connectivity index (χ4v) is 7.28. The summed E-state index contributed by atoms with van der Waals surface area (Å²) in [5, 5.41) is 22.1. The van der Waals surface area contributed by atoms with E-state index in [0.717, 1.165) is 11.1 Å². The number of esters is 1. The molecule has 2 N–H and O–H groups in total. The van der Waals surface area contributed by atoms with E-state index in [1.807, 2.05) is 31.1 Å². The van der Waals surface area contributed by atoms with Crippen LogP contribution in [-0.2, 0) is 28.5 Å². The Bertz CT molecular complexity index is 1410. The molecule has 2 aromatic carbocycles. The second-order valence-corrected chi connectivity index (χ2v) is 12.0. The van der Waals surface area contributed by atoms with Crippen molar-refractivity contribution in [3.05, 3.63) is 41.0 Å². The van der Waals surface area contributed by atoms with Gasteiger partial charge >= 0.3 is 5.97 Å². The standard InChI is InChI=1S/C31H37NO12/c1-13-38-11-22-29(42-13)27(34)25(32(2)3)31(43-22)44-28-16-9-19-18(40-12-41-19)8-15(16)23(24-17(28)10-39-30(24)35)14-6-20(36-4)26(33)21(7-14)37-5/h6-9,13,17,22-25,27-29,31,33-34H,10-12H2,1-5H3/t13-,17+,22-,23-,24+,25-,27-,28-,29-,31+/m1/s1. The van der Waals surface area contributed by atoms with Crippen molar-refractivity contribution in [3.8, 4) is 28.7 Å². The minimum absolute atomic E-state index is 0.0618. The van der Waals surface area contributed by atoms with Crippen LogP contribution >= 0.6 is 0 Å². The van der Waals surface area contributed by atoms with Crippen molar-refractivity contribution in [3.63, 3.8) is 0 Å². The molecule has 4 aliphatic heterocycles. The van der Waals surface area contributed by atoms with Gasteiger partial charge in [0.2, 0.25) is 12.5 Å². The maximum absolute atomic E-state index is 13.5. The second-order valence-electron chi connectivity index (χ2n) is 12.0. The molecule has 3 saturated heterocycles. The Morgan fingerprint density at radius 2 is 1.61 bits per heavy atom. The highest BCUT2D eigenvalue weighted by molar-refractivity contribution is 5.79. The molecule has 44 heavy (non-hydrogen) atoms. The number of rotatable bonds is 6. The number of cyclic esters (lactones) is 1. The van der Waals surface area contributed by atoms with Crippen molar-refractivity contribution in [2.24, 2.45) is 11.8 Å². The fourth-order valence-electron chi connectivity index (χ4n) is 7.28. The molecule has 1 aliphatic carbocycles. The molecule has 3 fully saturated rings. The SMILES string of the molecule is COc1cc([C@@H]2c3cc4c(cc3[C@@H](O[C@@H]3O[C@@H]5CO[C@@H](C)O[C@H]5[C@H](O)[C@H]3N(C)C)[C@H]3COC(=O)[C@H]23)OCO4)cc(OC)c1O. The fraction of sp³-hybridized carbons (Fsp3) is 0.581. The number of nitrogens with zero attached hydrogens (tertiary/aromatic N) is 1. The van der Waals surface area contributed by atoms with Crippen LogP contribution in [0.25, 0.3) is 0 Å². The zero-order chi connectivity index (χ0) is 30.9. The number of carbonyl (C=O) groups is 1. The first-order chi connectivity index (χ1) is 21.2. The molecule has 0 unspecified atom stereocenters. The van der Waals surface area contributed by atoms with Crippen molar-refractivity contribution in [1.82, 2.24) is 4.90 Å². The van der Waals surface area contributed by atoms with Gasteiger partial charge in [0, 0.05) is 11.8 Å². The molecule has 0 amide bonds. The molecule has 0 bridgehead atoms. The average molecular weight is 616 g/mol. The molecule has 2 aromatic rings. The number of aromatic hydroxyl groups is 1. The Labute approximate surface area is 254 Å². The van der Waals surface area contributed by atoms with E-state index in [4.69, 9.17) is 42.6 Å². The van der Waals surface area contributed by atoms with Crippen LogP contribution in [0.4, 0.5) is 0 Å². The van der Waals surface area contributed by atoms with Gasteiger partial charge < -0.3 is 52.8 Å². The molecule has 0 saturated carbocycles. The first kappa shape index (κ1) is 29.4. The smallest absolute Gasteiger partial charge is 0.310 e. The Balaban J connectivity index is 1.33. The lowest BCUT2D eigenvalue weighted by atomic mass is 9.66. The van der Waals surface area contributed by atoms with Gasteiger partial charge in [-0.05, 0) is 62.0 Å². The zero-order valence-electron chi connectivity index (χ0n) is 25.1. The Kier molecular flexibility index (Phi) is 7.50. The summed E-state index contributed by atoms with van der Waals surface area (Å²) in [6, 6.07) is 6.57. The Morgan fingerprint density at radius 1 is 0.932 bits per heavy atom. The predicted molar refractivity (Wildman–Crippen MR) is 150 cm³/mol. The number of carbonyl (C=O) groups excluding carboxylic acids is 1. The molecule has 4 heterocycles. The molecule has 7 rings (SSSR count). The van der Waals surface area contributed by atoms with E-state index in [-0.39, 0.29) is 43.2 Å². The van der Waals surface area contributed by atoms with Crippen LogP contribution in [0.15, 0.2) is 24.3 Å². The summed E-state index contributed by atoms with van der Waals surface area (Å²) in [6.45, 7) is 2.20. The summed E-state index contributed by atoms with van der Waals surface area (Å²) >= 11 is 0. The van der Waals surface area contributed by atoms with E-state index in [2.05, 4.69) is 0 Å². The predicted octanol–water partition coefficient (Wildman–Crippen LogP) is 1.91. The number of aliphatic hydroxyl groups is 1. The van der Waals surface area contributed by atoms with E-state index in [9.17, 15) is 15.0 Å². The summed E-state index contributed by atoms with van der Waals surface area (Å²) in [5.74, 6) is -0.602. The number of hydrogen-bond donors (Lipinski definition) is 2. The normalized spacial score (nSPS) is 35.5. The van der Waals surface area contributed by atoms with Gasteiger partial charge in [-0.3, -0.25) is 9.69 Å². The topological polar surface area (TPSA) is 144 Å². The van der Waals surface area contributed by atoms with Gasteiger partial charge in [0.15, 0.2) is 35.6 Å². The van der Waals surface area contributed by atoms with E-state index < -0.39 is 60.8 Å². The maximum atomic E-state index is 13.5. The van der Waals surface area contributed by atoms with E-state index >= 15 is 0 Å². The monoisotopic (exact) mass is 615 g/mol. The Hall–Kier alpha value is -3.33. The Morgan fingerprint density at radius 3 is 2.27 bits per heavy atom. The first-order valence-corrected chi connectivity index (χ1v) is 14.7. The highest BCUT2D eigenvalue weighted by atomic mass is 16.7. The van der Waals surface area contributed by atoms with Gasteiger partial charge in [-0.25, -0.2) is 0 Å². The van der Waals surface area contributed by atoms with Crippen LogP contribution in [0.3, 0.4) is 0 Å². The van der Waals surface area contributed by atoms with Crippen molar-refractivity contribution >= 4 is 5.97 Å². The number of phenols is 1. The van der Waals surface area contributed by atoms with Crippen LogP contribution in [0.1, 0.15) is 35.6 Å². The van der Waals surface area contributed by atoms with Crippen molar-refractivity contribution in [2.75, 3.05) is 48.3 Å². The zero-order valence-corrected chi connectivity index (χ0v) is 25.1. The number of fused-ring (bicyclic) bond motifs is 4. The summed E-state index contributed by atoms with van der Waals surface area (Å²) in [7, 11) is 6.59. The summed E-state index contributed by atoms with van der Waals surface area (Å²) in [5.41, 5.74) is 2.23. The third-order valence-corrected chi connectivity index (χ3v) is 9.34. The van der Waals surface area contributed by atoms with Crippen molar-refractivity contribution < 1.29 is 57.6 Å². The van der Waals surface area contributed by atoms with Gasteiger partial charge in [-0.15, -0.1) is 0 Å². The number of benzene rings is 2. The highest BCUT2D eigenvalue weighted by Crippen LogP contribution is 2.57. The van der Waals surface area contributed by atoms with E-state index in [0.29, 0.717) is 17.1 Å². The van der Waals surface area contributed by atoms with E-state index in [1.54, 1.807) is 19.1 Å². The minimum Gasteiger partial charge on any atom is -0.502 e. The van der Waals surface area contributed by atoms with Gasteiger partial charge in [-0.1, -0.05) is 0 Å². The molecule has 5 aliphatic rings. The molecule has 238 valence electrons. The van der Waals surface area contributed by atoms with Gasteiger partial charge in [0.1, 0.15) is 18.3 Å². The minimum atomic E-state index is -0.929. The highest BCUT2D eigenvalue weighted by Gasteiger charge is 2.56. The van der Waals surface area contributed by atoms with Crippen LogP contribution in [0, 0.1) is 11.8 Å². The summed E-state index contributed by atoms with van der Waals surface area (Å²) in [4.78, 5) is 15.4. The molecular formula is C31H37NO12. The van der Waals surface area contributed by atoms with E-state index in [1.165, 1.54) is 14.2 Å². The lowest BCUT2D eigenvalue weighted by Crippen LogP contribution is -2.66. The average Bonchev–Trinajstić information content (AvgIpc) is 3.63. The third kappa shape index (κ3) is 4.65. The molecule has 13 heteroatoms. The number of likely N-dealkylation sites (N-methyl/N-ethyl adjacent to an activating group) is 1. The first-order valence-electron chi connectivity index (χ1n) is 14.7. The number of aliphatic hydroxyl groups excluding tert-OH is 1. The molecule has 10 atom stereocenters. The summed E-state index contributed by atoms with van der Waals surface area (Å²) in [6.07, 6.45) is -4.11. The van der Waals surface area contributed by atoms with Gasteiger partial charge in [-0.2, -0.15) is 0 Å². The number of phenolic OH excluding ortho intramolecular Hbond substituents is 1. The van der Waals surface area contributed by atoms with Crippen molar-refractivity contribution in [1.29, 1.82) is 0 Å². The van der Waals surface area contributed by atoms with Crippen LogP contribution < -0.4 is 18.9 Å². The van der Waals surface area contributed by atoms with Crippen LogP contribution in [0.2, 0.25) is 0 Å². The maximum Gasteiger partial charge on any atom is 0.310 e. The molecule has 13 nitrogen and oxygen atoms in total. The molecular weight excluding hydrogens is 578 g/mol. The van der Waals surface area contributed by atoms with Crippen LogP contribution in [0.5, 0.6) is 28.7 Å². The van der Waals surface area contributed by atoms with Crippen LogP contribution in [-0.4, -0.2) is 106 Å². The molecule has 0 spiro atoms. The number of ether oxygens (including phenoxy) is 9. The largest absolute Gasteiger partial charge is 0.502 e. The third-order valence-electron chi connectivity index (χ3n) is 9.34. The number of hydrogen-bond acceptors (Lipinski definition) is 13. The number of methoxy groups -OCH3 is 2. The lowest BCUT2D eigenvalue weighted by molar-refractivity contribution is -0.354. The van der Waals surface area contributed by atoms with Gasteiger partial charge in [0.05, 0.1) is 45.5 Å².